The lowest BCUT2D eigenvalue weighted by Crippen LogP contribution is -2.14. The van der Waals surface area contributed by atoms with E-state index in [2.05, 4.69) is 9.97 Å². The topological polar surface area (TPSA) is 50.7 Å². The minimum absolute atomic E-state index is 0.185. The van der Waals surface area contributed by atoms with Gasteiger partial charge < -0.3 is 4.98 Å². The van der Waals surface area contributed by atoms with Gasteiger partial charge in [-0.15, -0.1) is 0 Å². The molecular formula is C12H8ClN3O. The van der Waals surface area contributed by atoms with Crippen LogP contribution in [0.25, 0.3) is 16.7 Å². The number of H-pyrrole nitrogens is 1. The molecule has 0 amide bonds. The lowest BCUT2D eigenvalue weighted by atomic mass is 10.3. The Morgan fingerprint density at radius 2 is 1.94 bits per heavy atom. The predicted octanol–water partition coefficient (Wildman–Crippen LogP) is 2.37. The molecule has 3 rings (SSSR count). The van der Waals surface area contributed by atoms with Crippen LogP contribution in [0, 0.1) is 0 Å². The normalized spacial score (nSPS) is 10.9. The van der Waals surface area contributed by atoms with E-state index in [-0.39, 0.29) is 5.69 Å². The number of nitrogens with zero attached hydrogens (tertiary/aromatic N) is 2. The molecule has 0 unspecified atom stereocenters. The SMILES string of the molecule is O=c1[nH]c2cnccc2n1-c1ccc(Cl)cc1. The van der Waals surface area contributed by atoms with E-state index in [0.717, 1.165) is 11.2 Å². The monoisotopic (exact) mass is 245 g/mol. The molecule has 84 valence electrons. The molecule has 0 fully saturated rings. The molecule has 0 atom stereocenters. The third-order valence-corrected chi connectivity index (χ3v) is 2.82. The molecule has 2 heterocycles. The number of pyridine rings is 1. The molecule has 1 N–H and O–H groups in total. The molecule has 0 aliphatic heterocycles. The van der Waals surface area contributed by atoms with Gasteiger partial charge in [0.15, 0.2) is 0 Å². The van der Waals surface area contributed by atoms with Gasteiger partial charge in [0.05, 0.1) is 22.9 Å². The number of aromatic amines is 1. The summed E-state index contributed by atoms with van der Waals surface area (Å²) in [5, 5.41) is 0.642. The van der Waals surface area contributed by atoms with Crippen LogP contribution in [-0.2, 0) is 0 Å². The van der Waals surface area contributed by atoms with Crippen LogP contribution < -0.4 is 5.69 Å². The molecule has 1 aromatic carbocycles. The Bertz CT molecular complexity index is 727. The minimum atomic E-state index is -0.185. The first-order valence-corrected chi connectivity index (χ1v) is 5.44. The molecular weight excluding hydrogens is 238 g/mol. The fourth-order valence-electron chi connectivity index (χ4n) is 1.81. The van der Waals surface area contributed by atoms with Crippen LogP contribution >= 0.6 is 11.6 Å². The molecule has 0 spiro atoms. The van der Waals surface area contributed by atoms with Crippen molar-refractivity contribution in [2.75, 3.05) is 0 Å². The van der Waals surface area contributed by atoms with Gasteiger partial charge in [-0.05, 0) is 30.3 Å². The summed E-state index contributed by atoms with van der Waals surface area (Å²) in [4.78, 5) is 18.6. The molecule has 0 saturated carbocycles. The van der Waals surface area contributed by atoms with Crippen molar-refractivity contribution < 1.29 is 0 Å². The highest BCUT2D eigenvalue weighted by Crippen LogP contribution is 2.16. The average Bonchev–Trinajstić information content (AvgIpc) is 2.66. The summed E-state index contributed by atoms with van der Waals surface area (Å²) >= 11 is 5.83. The molecule has 0 radical (unpaired) electrons. The molecule has 4 nitrogen and oxygen atoms in total. The van der Waals surface area contributed by atoms with Gasteiger partial charge in [0.25, 0.3) is 0 Å². The van der Waals surface area contributed by atoms with Crippen LogP contribution in [0.4, 0.5) is 0 Å². The standard InChI is InChI=1S/C12H8ClN3O/c13-8-1-3-9(4-2-8)16-11-5-6-14-7-10(11)15-12(16)17/h1-7H,(H,15,17). The zero-order valence-electron chi connectivity index (χ0n) is 8.72. The average molecular weight is 246 g/mol. The van der Waals surface area contributed by atoms with Crippen molar-refractivity contribution >= 4 is 22.6 Å². The van der Waals surface area contributed by atoms with Crippen LogP contribution in [0.5, 0.6) is 0 Å². The second-order valence-corrected chi connectivity index (χ2v) is 4.07. The number of hydrogen-bond acceptors (Lipinski definition) is 2. The Hall–Kier alpha value is -2.07. The quantitative estimate of drug-likeness (QED) is 0.716. The highest BCUT2D eigenvalue weighted by Gasteiger charge is 2.07. The van der Waals surface area contributed by atoms with E-state index in [1.54, 1.807) is 47.3 Å². The van der Waals surface area contributed by atoms with Gasteiger partial charge in [-0.2, -0.15) is 0 Å². The van der Waals surface area contributed by atoms with Gasteiger partial charge in [-0.1, -0.05) is 11.6 Å². The van der Waals surface area contributed by atoms with Gasteiger partial charge in [0, 0.05) is 11.2 Å². The Kier molecular flexibility index (Phi) is 2.23. The minimum Gasteiger partial charge on any atom is -0.304 e. The van der Waals surface area contributed by atoms with E-state index in [1.165, 1.54) is 0 Å². The van der Waals surface area contributed by atoms with E-state index >= 15 is 0 Å². The van der Waals surface area contributed by atoms with Gasteiger partial charge in [0.2, 0.25) is 0 Å². The van der Waals surface area contributed by atoms with E-state index in [9.17, 15) is 4.79 Å². The van der Waals surface area contributed by atoms with Crippen LogP contribution in [0.1, 0.15) is 0 Å². The predicted molar refractivity (Wildman–Crippen MR) is 66.7 cm³/mol. The maximum Gasteiger partial charge on any atom is 0.331 e. The van der Waals surface area contributed by atoms with Crippen LogP contribution in [0.2, 0.25) is 5.02 Å². The zero-order valence-corrected chi connectivity index (χ0v) is 9.48. The first kappa shape index (κ1) is 10.1. The second kappa shape index (κ2) is 3.75. The van der Waals surface area contributed by atoms with Crippen molar-refractivity contribution in [1.29, 1.82) is 0 Å². The lowest BCUT2D eigenvalue weighted by molar-refractivity contribution is 1.02. The number of nitrogens with one attached hydrogen (secondary N) is 1. The van der Waals surface area contributed by atoms with Gasteiger partial charge in [-0.3, -0.25) is 9.55 Å². The number of benzene rings is 1. The Labute approximate surface area is 101 Å². The zero-order chi connectivity index (χ0) is 11.8. The molecule has 0 saturated heterocycles. The van der Waals surface area contributed by atoms with Crippen molar-refractivity contribution in [3.63, 3.8) is 0 Å². The second-order valence-electron chi connectivity index (χ2n) is 3.63. The van der Waals surface area contributed by atoms with Crippen molar-refractivity contribution in [1.82, 2.24) is 14.5 Å². The van der Waals surface area contributed by atoms with Crippen LogP contribution in [0.3, 0.4) is 0 Å². The maximum atomic E-state index is 11.9. The van der Waals surface area contributed by atoms with Crippen LogP contribution in [-0.4, -0.2) is 14.5 Å². The van der Waals surface area contributed by atoms with Crippen molar-refractivity contribution in [2.24, 2.45) is 0 Å². The third kappa shape index (κ3) is 1.62. The lowest BCUT2D eigenvalue weighted by Gasteiger charge is -2.02. The molecule has 17 heavy (non-hydrogen) atoms. The van der Waals surface area contributed by atoms with Gasteiger partial charge in [-0.25, -0.2) is 4.79 Å². The third-order valence-electron chi connectivity index (χ3n) is 2.57. The fraction of sp³-hybridized carbons (Fsp3) is 0. The van der Waals surface area contributed by atoms with Crippen LogP contribution in [0.15, 0.2) is 47.5 Å². The van der Waals surface area contributed by atoms with Crippen molar-refractivity contribution in [3.8, 4) is 5.69 Å². The summed E-state index contributed by atoms with van der Waals surface area (Å²) in [6.07, 6.45) is 3.28. The van der Waals surface area contributed by atoms with E-state index in [1.807, 2.05) is 0 Å². The summed E-state index contributed by atoms with van der Waals surface area (Å²) in [6.45, 7) is 0. The summed E-state index contributed by atoms with van der Waals surface area (Å²) in [7, 11) is 0. The smallest absolute Gasteiger partial charge is 0.304 e. The number of imidazole rings is 1. The van der Waals surface area contributed by atoms with E-state index in [0.29, 0.717) is 10.5 Å². The first-order chi connectivity index (χ1) is 8.25. The molecule has 3 aromatic rings. The molecule has 5 heteroatoms. The van der Waals surface area contributed by atoms with E-state index < -0.39 is 0 Å². The van der Waals surface area contributed by atoms with Crippen molar-refractivity contribution in [3.05, 3.63) is 58.2 Å². The summed E-state index contributed by atoms with van der Waals surface area (Å²) in [5.41, 5.74) is 2.10. The Balaban J connectivity index is 2.33. The first-order valence-electron chi connectivity index (χ1n) is 5.06. The summed E-state index contributed by atoms with van der Waals surface area (Å²) in [5.74, 6) is 0. The number of hydrogen-bond donors (Lipinski definition) is 1. The van der Waals surface area contributed by atoms with Gasteiger partial charge >= 0.3 is 5.69 Å². The largest absolute Gasteiger partial charge is 0.331 e. The summed E-state index contributed by atoms with van der Waals surface area (Å²) < 4.78 is 1.59. The highest BCUT2D eigenvalue weighted by molar-refractivity contribution is 6.30. The number of rotatable bonds is 1. The van der Waals surface area contributed by atoms with E-state index in [4.69, 9.17) is 11.6 Å². The number of halogens is 1. The molecule has 0 aliphatic carbocycles. The Morgan fingerprint density at radius 1 is 1.18 bits per heavy atom. The fourth-order valence-corrected chi connectivity index (χ4v) is 1.93. The maximum absolute atomic E-state index is 11.9. The Morgan fingerprint density at radius 3 is 2.71 bits per heavy atom. The number of fused-ring (bicyclic) bond motifs is 1. The molecule has 2 aromatic heterocycles. The number of aromatic nitrogens is 3. The van der Waals surface area contributed by atoms with Crippen molar-refractivity contribution in [2.45, 2.75) is 0 Å². The molecule has 0 aliphatic rings. The summed E-state index contributed by atoms with van der Waals surface area (Å²) in [6, 6.07) is 8.91. The van der Waals surface area contributed by atoms with Gasteiger partial charge in [0.1, 0.15) is 0 Å². The molecule has 0 bridgehead atoms. The highest BCUT2D eigenvalue weighted by atomic mass is 35.5.